The van der Waals surface area contributed by atoms with Gasteiger partial charge in [-0.1, -0.05) is 12.2 Å². The minimum absolute atomic E-state index is 0. The van der Waals surface area contributed by atoms with Crippen LogP contribution in [0.3, 0.4) is 0 Å². The van der Waals surface area contributed by atoms with Gasteiger partial charge in [0.15, 0.2) is 11.5 Å². The molecule has 2 rings (SSSR count). The molecule has 12 nitrogen and oxygen atoms in total. The number of hydrogen-bond acceptors (Lipinski definition) is 12. The third kappa shape index (κ3) is 12.8. The van der Waals surface area contributed by atoms with Gasteiger partial charge < -0.3 is 57.4 Å². The predicted molar refractivity (Wildman–Crippen MR) is 103 cm³/mol. The standard InChI is InChI=1S/C18H22O12P2.4Na/c1-27-15-6-5-12(17(29-31(21,22)23)18(15)30-32(24,25)26)4-3-11-7-13(9-19)14(10-20)16(8-11)28-2;;;;/h3-8,19-20H,9-10H2,1-2H3,(H2,21,22,23)(H2,24,25,26);;;;/q;4*+1/p-4/b4-3-;;;;. The van der Waals surface area contributed by atoms with Crippen LogP contribution in [-0.2, 0) is 22.3 Å². The second-order valence-electron chi connectivity index (χ2n) is 6.10. The molecule has 2 aromatic rings. The van der Waals surface area contributed by atoms with Crippen molar-refractivity contribution >= 4 is 27.8 Å². The summed E-state index contributed by atoms with van der Waals surface area (Å²) in [5.74, 6) is -1.91. The number of rotatable bonds is 10. The number of phosphoric ester groups is 2. The molecule has 18 heteroatoms. The number of aliphatic hydroxyl groups excluding tert-OH is 2. The summed E-state index contributed by atoms with van der Waals surface area (Å²) >= 11 is 0. The molecule has 0 amide bonds. The zero-order valence-electron chi connectivity index (χ0n) is 20.7. The molecule has 0 bridgehead atoms. The summed E-state index contributed by atoms with van der Waals surface area (Å²) in [4.78, 5) is 44.7. The molecule has 0 spiro atoms. The van der Waals surface area contributed by atoms with Gasteiger partial charge in [0.05, 0.1) is 27.4 Å². The summed E-state index contributed by atoms with van der Waals surface area (Å²) in [6.07, 6.45) is 2.61. The summed E-state index contributed by atoms with van der Waals surface area (Å²) in [6, 6.07) is 5.38. The van der Waals surface area contributed by atoms with Crippen molar-refractivity contribution in [2.24, 2.45) is 0 Å². The number of aliphatic hydroxyl groups is 2. The molecule has 0 saturated heterocycles. The molecule has 0 aliphatic rings. The van der Waals surface area contributed by atoms with Crippen LogP contribution < -0.4 is 156 Å². The van der Waals surface area contributed by atoms with Gasteiger partial charge in [-0.15, -0.1) is 0 Å². The van der Waals surface area contributed by atoms with Gasteiger partial charge in [-0.05, 0) is 35.4 Å². The van der Waals surface area contributed by atoms with E-state index in [2.05, 4.69) is 9.05 Å². The fourth-order valence-corrected chi connectivity index (χ4v) is 3.58. The molecule has 0 heterocycles. The number of benzene rings is 2. The van der Waals surface area contributed by atoms with Gasteiger partial charge in [0.1, 0.15) is 21.4 Å². The normalized spacial score (nSPS) is 10.8. The van der Waals surface area contributed by atoms with Crippen molar-refractivity contribution < 1.29 is 176 Å². The van der Waals surface area contributed by atoms with E-state index in [1.807, 2.05) is 0 Å². The fourth-order valence-electron chi connectivity index (χ4n) is 2.77. The van der Waals surface area contributed by atoms with Gasteiger partial charge in [-0.2, -0.15) is 0 Å². The number of ether oxygens (including phenoxy) is 2. The summed E-state index contributed by atoms with van der Waals surface area (Å²) in [5, 5.41) is 19.0. The Kier molecular flexibility index (Phi) is 22.0. The molecule has 176 valence electrons. The Morgan fingerprint density at radius 1 is 0.778 bits per heavy atom. The average molecular weight is 580 g/mol. The van der Waals surface area contributed by atoms with E-state index >= 15 is 0 Å². The van der Waals surface area contributed by atoms with Crippen LogP contribution in [0, 0.1) is 0 Å². The Morgan fingerprint density at radius 2 is 1.31 bits per heavy atom. The third-order valence-electron chi connectivity index (χ3n) is 4.06. The first-order valence-corrected chi connectivity index (χ1v) is 11.6. The quantitative estimate of drug-likeness (QED) is 0.153. The smallest absolute Gasteiger partial charge is 0.780 e. The van der Waals surface area contributed by atoms with Crippen LogP contribution in [0.15, 0.2) is 24.3 Å². The van der Waals surface area contributed by atoms with Crippen molar-refractivity contribution in [3.8, 4) is 23.0 Å². The van der Waals surface area contributed by atoms with Crippen molar-refractivity contribution in [1.82, 2.24) is 0 Å². The molecule has 0 aliphatic heterocycles. The minimum atomic E-state index is -5.71. The summed E-state index contributed by atoms with van der Waals surface area (Å²) < 4.78 is 41.0. The molecular formula is C18H18Na4O12P2. The van der Waals surface area contributed by atoms with Gasteiger partial charge in [0.25, 0.3) is 0 Å². The van der Waals surface area contributed by atoms with Crippen LogP contribution in [0.4, 0.5) is 0 Å². The molecule has 2 N–H and O–H groups in total. The molecule has 0 fully saturated rings. The van der Waals surface area contributed by atoms with Crippen molar-refractivity contribution in [3.05, 3.63) is 46.5 Å². The van der Waals surface area contributed by atoms with Crippen LogP contribution in [0.1, 0.15) is 22.3 Å². The molecule has 0 aliphatic carbocycles. The maximum atomic E-state index is 11.2. The summed E-state index contributed by atoms with van der Waals surface area (Å²) in [7, 11) is -8.97. The molecule has 0 radical (unpaired) electrons. The molecule has 0 aromatic heterocycles. The third-order valence-corrected chi connectivity index (χ3v) is 4.87. The zero-order chi connectivity index (χ0) is 24.1. The first-order valence-electron chi connectivity index (χ1n) is 8.66. The van der Waals surface area contributed by atoms with Gasteiger partial charge in [0.2, 0.25) is 5.75 Å². The molecule has 2 aromatic carbocycles. The van der Waals surface area contributed by atoms with Crippen molar-refractivity contribution in [2.75, 3.05) is 14.2 Å². The van der Waals surface area contributed by atoms with E-state index in [0.717, 1.165) is 13.2 Å². The number of methoxy groups -OCH3 is 2. The Hall–Kier alpha value is 1.60. The largest absolute Gasteiger partial charge is 1.00 e. The van der Waals surface area contributed by atoms with Gasteiger partial charge >= 0.3 is 118 Å². The Balaban J connectivity index is -0.00000272. The molecular weight excluding hydrogens is 562 g/mol. The van der Waals surface area contributed by atoms with Crippen LogP contribution in [-0.4, -0.2) is 24.4 Å². The fraction of sp³-hybridized carbons (Fsp3) is 0.222. The van der Waals surface area contributed by atoms with E-state index in [4.69, 9.17) is 9.47 Å². The van der Waals surface area contributed by atoms with Crippen LogP contribution in [0.5, 0.6) is 23.0 Å². The number of hydrogen-bond donors (Lipinski definition) is 2. The van der Waals surface area contributed by atoms with E-state index in [1.165, 1.54) is 37.5 Å². The van der Waals surface area contributed by atoms with E-state index in [9.17, 15) is 38.9 Å². The van der Waals surface area contributed by atoms with Crippen LogP contribution in [0.25, 0.3) is 12.2 Å². The Labute approximate surface area is 296 Å². The second kappa shape index (κ2) is 18.9. The first-order chi connectivity index (χ1) is 14.9. The SMILES string of the molecule is COc1cc(/C=C\c2ccc(OC)c(OP(=O)([O-])[O-])c2OP(=O)([O-])[O-])cc(CO)c1CO.[Na+].[Na+].[Na+].[Na+]. The van der Waals surface area contributed by atoms with E-state index < -0.39 is 40.4 Å². The van der Waals surface area contributed by atoms with Crippen molar-refractivity contribution in [2.45, 2.75) is 13.2 Å². The molecule has 36 heavy (non-hydrogen) atoms. The maximum absolute atomic E-state index is 11.2. The van der Waals surface area contributed by atoms with Gasteiger partial charge in [-0.25, -0.2) is 0 Å². The van der Waals surface area contributed by atoms with Crippen LogP contribution in [0.2, 0.25) is 0 Å². The molecule has 0 unspecified atom stereocenters. The summed E-state index contributed by atoms with van der Waals surface area (Å²) in [5.41, 5.74) is 0.968. The number of phosphoric acid groups is 2. The maximum Gasteiger partial charge on any atom is 1.00 e. The predicted octanol–water partition coefficient (Wildman–Crippen LogP) is -12.7. The molecule has 0 saturated carbocycles. The molecule has 0 atom stereocenters. The van der Waals surface area contributed by atoms with E-state index in [0.29, 0.717) is 16.7 Å². The van der Waals surface area contributed by atoms with Crippen LogP contribution >= 0.6 is 15.6 Å². The average Bonchev–Trinajstić information content (AvgIpc) is 2.71. The topological polar surface area (TPSA) is 204 Å². The van der Waals surface area contributed by atoms with Crippen molar-refractivity contribution in [1.29, 1.82) is 0 Å². The van der Waals surface area contributed by atoms with E-state index in [-0.39, 0.29) is 135 Å². The minimum Gasteiger partial charge on any atom is -0.780 e. The van der Waals surface area contributed by atoms with E-state index in [1.54, 1.807) is 0 Å². The zero-order valence-corrected chi connectivity index (χ0v) is 30.5. The Bertz CT molecular complexity index is 1080. The second-order valence-corrected chi connectivity index (χ2v) is 8.26. The first kappa shape index (κ1) is 42.1. The van der Waals surface area contributed by atoms with Gasteiger partial charge in [0, 0.05) is 11.1 Å². The Morgan fingerprint density at radius 3 is 1.75 bits per heavy atom. The summed E-state index contributed by atoms with van der Waals surface area (Å²) in [6.45, 7) is -0.812. The van der Waals surface area contributed by atoms with Gasteiger partial charge in [-0.3, -0.25) is 0 Å². The monoisotopic (exact) mass is 580 g/mol. The van der Waals surface area contributed by atoms with Crippen molar-refractivity contribution in [3.63, 3.8) is 0 Å².